The minimum atomic E-state index is -0.529. The Morgan fingerprint density at radius 2 is 2.09 bits per heavy atom. The van der Waals surface area contributed by atoms with Gasteiger partial charge in [-0.3, -0.25) is 0 Å². The van der Waals surface area contributed by atoms with E-state index in [4.69, 9.17) is 14.2 Å². The van der Waals surface area contributed by atoms with Crippen LogP contribution in [0, 0.1) is 6.92 Å². The van der Waals surface area contributed by atoms with Crippen molar-refractivity contribution in [2.24, 2.45) is 0 Å². The molecule has 5 nitrogen and oxygen atoms in total. The van der Waals surface area contributed by atoms with Crippen LogP contribution in [0.15, 0.2) is 18.2 Å². The molecule has 2 atom stereocenters. The zero-order valence-electron chi connectivity index (χ0n) is 14.3. The van der Waals surface area contributed by atoms with Gasteiger partial charge in [0.05, 0.1) is 19.3 Å². The van der Waals surface area contributed by atoms with Crippen LogP contribution in [-0.2, 0) is 4.74 Å². The van der Waals surface area contributed by atoms with Crippen molar-refractivity contribution >= 4 is 12.4 Å². The normalized spacial score (nSPS) is 18.2. The first-order valence-corrected chi connectivity index (χ1v) is 7.74. The number of aliphatic hydroxyl groups excluding tert-OH is 1. The number of fused-ring (bicyclic) bond motifs is 1. The van der Waals surface area contributed by atoms with Crippen molar-refractivity contribution in [3.63, 3.8) is 0 Å². The monoisotopic (exact) mass is 345 g/mol. The van der Waals surface area contributed by atoms with Gasteiger partial charge in [-0.05, 0) is 45.4 Å². The molecule has 1 aliphatic rings. The minimum absolute atomic E-state index is 0. The smallest absolute Gasteiger partial charge is 0.161 e. The van der Waals surface area contributed by atoms with Gasteiger partial charge in [0.1, 0.15) is 6.61 Å². The summed E-state index contributed by atoms with van der Waals surface area (Å²) in [6.07, 6.45) is -0.670. The van der Waals surface area contributed by atoms with E-state index in [1.54, 1.807) is 0 Å². The van der Waals surface area contributed by atoms with Crippen molar-refractivity contribution in [3.05, 3.63) is 23.8 Å². The highest BCUT2D eigenvalue weighted by atomic mass is 35.5. The first-order chi connectivity index (χ1) is 10.3. The third-order valence-corrected chi connectivity index (χ3v) is 3.30. The molecule has 6 heteroatoms. The van der Waals surface area contributed by atoms with Crippen molar-refractivity contribution in [2.75, 3.05) is 26.4 Å². The van der Waals surface area contributed by atoms with E-state index in [0.29, 0.717) is 19.8 Å². The standard InChI is InChI=1S/C17H27NO4.ClH/c1-12-5-6-15-16(7-12)21-11-14(22-15)10-20-9-13(19)8-18-17(2,3)4;/h5-7,13-14,18-19H,8-11H2,1-4H3;1H. The summed E-state index contributed by atoms with van der Waals surface area (Å²) in [6.45, 7) is 9.86. The molecule has 0 amide bonds. The highest BCUT2D eigenvalue weighted by molar-refractivity contribution is 5.85. The van der Waals surface area contributed by atoms with Gasteiger partial charge in [-0.1, -0.05) is 6.07 Å². The van der Waals surface area contributed by atoms with Gasteiger partial charge >= 0.3 is 0 Å². The third-order valence-electron chi connectivity index (χ3n) is 3.30. The number of hydrogen-bond acceptors (Lipinski definition) is 5. The highest BCUT2D eigenvalue weighted by Gasteiger charge is 2.21. The number of nitrogens with one attached hydrogen (secondary N) is 1. The topological polar surface area (TPSA) is 60.0 Å². The lowest BCUT2D eigenvalue weighted by Gasteiger charge is -2.27. The van der Waals surface area contributed by atoms with Gasteiger partial charge < -0.3 is 24.6 Å². The van der Waals surface area contributed by atoms with E-state index in [9.17, 15) is 5.11 Å². The summed E-state index contributed by atoms with van der Waals surface area (Å²) < 4.78 is 17.1. The lowest BCUT2D eigenvalue weighted by Crippen LogP contribution is -2.42. The number of halogens is 1. The maximum absolute atomic E-state index is 9.87. The fraction of sp³-hybridized carbons (Fsp3) is 0.647. The van der Waals surface area contributed by atoms with Crippen LogP contribution >= 0.6 is 12.4 Å². The molecule has 0 spiro atoms. The van der Waals surface area contributed by atoms with Gasteiger partial charge in [-0.25, -0.2) is 0 Å². The van der Waals surface area contributed by atoms with Crippen LogP contribution in [0.4, 0.5) is 0 Å². The second-order valence-corrected chi connectivity index (χ2v) is 6.82. The summed E-state index contributed by atoms with van der Waals surface area (Å²) >= 11 is 0. The molecular weight excluding hydrogens is 318 g/mol. The molecule has 0 saturated heterocycles. The Bertz CT molecular complexity index is 490. The quantitative estimate of drug-likeness (QED) is 0.828. The summed E-state index contributed by atoms with van der Waals surface area (Å²) in [5, 5.41) is 13.1. The Morgan fingerprint density at radius 3 is 2.78 bits per heavy atom. The third kappa shape index (κ3) is 6.96. The fourth-order valence-electron chi connectivity index (χ4n) is 2.12. The molecule has 1 aromatic carbocycles. The summed E-state index contributed by atoms with van der Waals surface area (Å²) in [4.78, 5) is 0. The van der Waals surface area contributed by atoms with Gasteiger partial charge in [0.15, 0.2) is 17.6 Å². The van der Waals surface area contributed by atoms with Gasteiger partial charge in [-0.2, -0.15) is 0 Å². The van der Waals surface area contributed by atoms with E-state index in [0.717, 1.165) is 17.1 Å². The zero-order valence-corrected chi connectivity index (χ0v) is 15.1. The van der Waals surface area contributed by atoms with Crippen LogP contribution in [0.25, 0.3) is 0 Å². The summed E-state index contributed by atoms with van der Waals surface area (Å²) in [5.41, 5.74) is 1.13. The number of ether oxygens (including phenoxy) is 3. The molecule has 0 aromatic heterocycles. The molecule has 2 N–H and O–H groups in total. The van der Waals surface area contributed by atoms with Crippen molar-refractivity contribution < 1.29 is 19.3 Å². The van der Waals surface area contributed by atoms with E-state index in [1.807, 2.05) is 25.1 Å². The summed E-state index contributed by atoms with van der Waals surface area (Å²) in [6, 6.07) is 5.88. The molecule has 0 radical (unpaired) electrons. The Hall–Kier alpha value is -1.01. The molecule has 0 aliphatic carbocycles. The lowest BCUT2D eigenvalue weighted by atomic mass is 10.1. The number of hydrogen-bond donors (Lipinski definition) is 2. The van der Waals surface area contributed by atoms with Crippen molar-refractivity contribution in [2.45, 2.75) is 45.4 Å². The van der Waals surface area contributed by atoms with E-state index in [1.165, 1.54) is 0 Å². The number of aryl methyl sites for hydroxylation is 1. The molecule has 1 aliphatic heterocycles. The predicted molar refractivity (Wildman–Crippen MR) is 92.9 cm³/mol. The van der Waals surface area contributed by atoms with Crippen molar-refractivity contribution in [1.82, 2.24) is 5.32 Å². The highest BCUT2D eigenvalue weighted by Crippen LogP contribution is 2.32. The molecular formula is C17H28ClNO4. The fourth-order valence-corrected chi connectivity index (χ4v) is 2.12. The Morgan fingerprint density at radius 1 is 1.35 bits per heavy atom. The largest absolute Gasteiger partial charge is 0.486 e. The second kappa shape index (κ2) is 8.73. The maximum atomic E-state index is 9.87. The van der Waals surface area contributed by atoms with Crippen LogP contribution in [0.3, 0.4) is 0 Å². The number of aliphatic hydroxyl groups is 1. The van der Waals surface area contributed by atoms with Gasteiger partial charge in [-0.15, -0.1) is 12.4 Å². The molecule has 0 saturated carbocycles. The Kier molecular flexibility index (Phi) is 7.61. The number of rotatable bonds is 6. The van der Waals surface area contributed by atoms with Gasteiger partial charge in [0.25, 0.3) is 0 Å². The first-order valence-electron chi connectivity index (χ1n) is 7.74. The molecule has 0 bridgehead atoms. The second-order valence-electron chi connectivity index (χ2n) is 6.82. The maximum Gasteiger partial charge on any atom is 0.161 e. The summed E-state index contributed by atoms with van der Waals surface area (Å²) in [7, 11) is 0. The van der Waals surface area contributed by atoms with Crippen LogP contribution in [0.5, 0.6) is 11.5 Å². The Labute approximate surface area is 144 Å². The lowest BCUT2D eigenvalue weighted by molar-refractivity contribution is -0.0221. The molecule has 132 valence electrons. The van der Waals surface area contributed by atoms with Crippen molar-refractivity contribution in [1.29, 1.82) is 0 Å². The van der Waals surface area contributed by atoms with Gasteiger partial charge in [0, 0.05) is 12.1 Å². The summed E-state index contributed by atoms with van der Waals surface area (Å²) in [5.74, 6) is 1.53. The number of β-amino-alcohol motifs (C(OH)–C–C–N with tert-alkyl or cyclic N) is 1. The van der Waals surface area contributed by atoms with E-state index in [2.05, 4.69) is 26.1 Å². The van der Waals surface area contributed by atoms with Crippen LogP contribution in [0.1, 0.15) is 26.3 Å². The van der Waals surface area contributed by atoms with Crippen molar-refractivity contribution in [3.8, 4) is 11.5 Å². The van der Waals surface area contributed by atoms with E-state index in [-0.39, 0.29) is 30.7 Å². The number of benzene rings is 1. The predicted octanol–water partition coefficient (Wildman–Crippen LogP) is 2.32. The molecule has 2 unspecified atom stereocenters. The zero-order chi connectivity index (χ0) is 16.2. The van der Waals surface area contributed by atoms with E-state index < -0.39 is 6.10 Å². The minimum Gasteiger partial charge on any atom is -0.486 e. The first kappa shape index (κ1) is 20.0. The van der Waals surface area contributed by atoms with Crippen LogP contribution in [-0.4, -0.2) is 49.2 Å². The van der Waals surface area contributed by atoms with Crippen LogP contribution < -0.4 is 14.8 Å². The average molecular weight is 346 g/mol. The Balaban J connectivity index is 0.00000264. The van der Waals surface area contributed by atoms with E-state index >= 15 is 0 Å². The molecule has 23 heavy (non-hydrogen) atoms. The van der Waals surface area contributed by atoms with Crippen LogP contribution in [0.2, 0.25) is 0 Å². The molecule has 0 fully saturated rings. The molecule has 2 rings (SSSR count). The molecule has 1 heterocycles. The molecule has 1 aromatic rings. The average Bonchev–Trinajstić information content (AvgIpc) is 2.44. The SMILES string of the molecule is Cc1ccc2c(c1)OCC(COCC(O)CNC(C)(C)C)O2.Cl. The van der Waals surface area contributed by atoms with Gasteiger partial charge in [0.2, 0.25) is 0 Å².